The molecule has 0 spiro atoms. The van der Waals surface area contributed by atoms with Crippen LogP contribution in [-0.4, -0.2) is 53.4 Å². The van der Waals surface area contributed by atoms with Gasteiger partial charge in [0.15, 0.2) is 5.96 Å². The molecule has 1 aromatic rings. The highest BCUT2D eigenvalue weighted by atomic mass is 15.3. The van der Waals surface area contributed by atoms with Crippen molar-refractivity contribution < 1.29 is 0 Å². The van der Waals surface area contributed by atoms with E-state index in [1.54, 1.807) is 13.2 Å². The smallest absolute Gasteiger partial charge is 0.191 e. The molecule has 0 saturated heterocycles. The minimum atomic E-state index is 0.372. The van der Waals surface area contributed by atoms with Gasteiger partial charge in [-0.2, -0.15) is 5.10 Å². The van der Waals surface area contributed by atoms with Crippen LogP contribution in [0.25, 0.3) is 0 Å². The van der Waals surface area contributed by atoms with E-state index in [1.807, 2.05) is 29.9 Å². The van der Waals surface area contributed by atoms with Gasteiger partial charge in [-0.3, -0.25) is 14.6 Å². The molecule has 0 fully saturated rings. The average Bonchev–Trinajstić information content (AvgIpc) is 2.95. The third-order valence-electron chi connectivity index (χ3n) is 4.03. The van der Waals surface area contributed by atoms with Crippen molar-refractivity contribution in [1.29, 1.82) is 0 Å². The van der Waals surface area contributed by atoms with E-state index in [2.05, 4.69) is 52.6 Å². The Hall–Kier alpha value is -2.08. The van der Waals surface area contributed by atoms with Crippen LogP contribution in [-0.2, 0) is 13.6 Å². The summed E-state index contributed by atoms with van der Waals surface area (Å²) in [6.07, 6.45) is 5.67. The van der Waals surface area contributed by atoms with Gasteiger partial charge in [0, 0.05) is 46.0 Å². The van der Waals surface area contributed by atoms with E-state index in [-0.39, 0.29) is 0 Å². The Morgan fingerprint density at radius 3 is 2.46 bits per heavy atom. The maximum Gasteiger partial charge on any atom is 0.191 e. The van der Waals surface area contributed by atoms with Crippen LogP contribution in [0.2, 0.25) is 0 Å². The second-order valence-corrected chi connectivity index (χ2v) is 6.10. The fourth-order valence-corrected chi connectivity index (χ4v) is 2.63. The Kier molecular flexibility index (Phi) is 8.86. The number of aromatic nitrogens is 2. The molecule has 0 aliphatic carbocycles. The second kappa shape index (κ2) is 10.6. The summed E-state index contributed by atoms with van der Waals surface area (Å²) in [6.45, 7) is 15.4. The number of aliphatic imine (C=N–C) groups is 1. The van der Waals surface area contributed by atoms with Crippen LogP contribution >= 0.6 is 0 Å². The predicted molar refractivity (Wildman–Crippen MR) is 102 cm³/mol. The first-order valence-corrected chi connectivity index (χ1v) is 8.40. The van der Waals surface area contributed by atoms with E-state index in [0.29, 0.717) is 18.5 Å². The Morgan fingerprint density at radius 2 is 2.00 bits per heavy atom. The number of guanidine groups is 1. The van der Waals surface area contributed by atoms with Gasteiger partial charge in [-0.15, -0.1) is 13.2 Å². The van der Waals surface area contributed by atoms with Crippen molar-refractivity contribution >= 4 is 5.96 Å². The van der Waals surface area contributed by atoms with E-state index in [4.69, 9.17) is 0 Å². The van der Waals surface area contributed by atoms with Crippen molar-refractivity contribution in [3.63, 3.8) is 0 Å². The molecule has 1 atom stereocenters. The van der Waals surface area contributed by atoms with Gasteiger partial charge in [0.1, 0.15) is 0 Å². The van der Waals surface area contributed by atoms with Gasteiger partial charge in [-0.05, 0) is 12.0 Å². The maximum absolute atomic E-state index is 4.31. The molecule has 6 nitrogen and oxygen atoms in total. The molecule has 0 aliphatic rings. The molecule has 1 heterocycles. The molecule has 0 amide bonds. The zero-order valence-corrected chi connectivity index (χ0v) is 15.5. The zero-order chi connectivity index (χ0) is 17.9. The lowest BCUT2D eigenvalue weighted by Crippen LogP contribution is -2.49. The molecule has 0 aromatic carbocycles. The van der Waals surface area contributed by atoms with Gasteiger partial charge >= 0.3 is 0 Å². The van der Waals surface area contributed by atoms with Crippen molar-refractivity contribution in [3.8, 4) is 0 Å². The van der Waals surface area contributed by atoms with E-state index in [9.17, 15) is 0 Å². The van der Waals surface area contributed by atoms with Crippen molar-refractivity contribution in [3.05, 3.63) is 43.3 Å². The van der Waals surface area contributed by atoms with E-state index < -0.39 is 0 Å². The SMILES string of the molecule is C=CCN(CC=C)C(CNC(=NC)NCc1ccnn1C)C(C)C. The lowest BCUT2D eigenvalue weighted by Gasteiger charge is -2.33. The lowest BCUT2D eigenvalue weighted by atomic mass is 10.0. The van der Waals surface area contributed by atoms with Crippen LogP contribution in [0.15, 0.2) is 42.6 Å². The third kappa shape index (κ3) is 6.20. The van der Waals surface area contributed by atoms with Gasteiger partial charge in [0.2, 0.25) is 0 Å². The lowest BCUT2D eigenvalue weighted by molar-refractivity contribution is 0.190. The quantitative estimate of drug-likeness (QED) is 0.390. The van der Waals surface area contributed by atoms with Crippen LogP contribution in [0, 0.1) is 5.92 Å². The van der Waals surface area contributed by atoms with Gasteiger partial charge in [-0.1, -0.05) is 26.0 Å². The monoisotopic (exact) mass is 332 g/mol. The highest BCUT2D eigenvalue weighted by Crippen LogP contribution is 2.10. The molecule has 6 heteroatoms. The molecule has 1 unspecified atom stereocenters. The van der Waals surface area contributed by atoms with Gasteiger partial charge in [0.05, 0.1) is 12.2 Å². The predicted octanol–water partition coefficient (Wildman–Crippen LogP) is 1.78. The molecule has 0 radical (unpaired) electrons. The fourth-order valence-electron chi connectivity index (χ4n) is 2.63. The molecule has 2 N–H and O–H groups in total. The Bertz CT molecular complexity index is 521. The van der Waals surface area contributed by atoms with E-state index in [1.165, 1.54) is 0 Å². The molecule has 24 heavy (non-hydrogen) atoms. The number of rotatable bonds is 10. The fraction of sp³-hybridized carbons (Fsp3) is 0.556. The molecule has 1 aromatic heterocycles. The normalized spacial score (nSPS) is 13.2. The topological polar surface area (TPSA) is 57.5 Å². The summed E-state index contributed by atoms with van der Waals surface area (Å²) in [5.41, 5.74) is 1.11. The largest absolute Gasteiger partial charge is 0.355 e. The molecule has 1 rings (SSSR count). The number of nitrogens with one attached hydrogen (secondary N) is 2. The maximum atomic E-state index is 4.31. The average molecular weight is 332 g/mol. The first kappa shape index (κ1) is 20.0. The highest BCUT2D eigenvalue weighted by molar-refractivity contribution is 5.79. The number of aryl methyl sites for hydroxylation is 1. The van der Waals surface area contributed by atoms with Crippen molar-refractivity contribution in [2.24, 2.45) is 18.0 Å². The number of nitrogens with zero attached hydrogens (tertiary/aromatic N) is 4. The van der Waals surface area contributed by atoms with Gasteiger partial charge in [-0.25, -0.2) is 0 Å². The summed E-state index contributed by atoms with van der Waals surface area (Å²) in [7, 11) is 3.72. The Balaban J connectivity index is 2.61. The third-order valence-corrected chi connectivity index (χ3v) is 4.03. The summed E-state index contributed by atoms with van der Waals surface area (Å²) < 4.78 is 1.85. The summed E-state index contributed by atoms with van der Waals surface area (Å²) in [5, 5.41) is 10.9. The summed E-state index contributed by atoms with van der Waals surface area (Å²) in [5.74, 6) is 1.30. The molecule has 134 valence electrons. The minimum Gasteiger partial charge on any atom is -0.355 e. The summed E-state index contributed by atoms with van der Waals surface area (Å²) in [6, 6.07) is 2.36. The van der Waals surface area contributed by atoms with Crippen LogP contribution in [0.5, 0.6) is 0 Å². The van der Waals surface area contributed by atoms with Crippen molar-refractivity contribution in [1.82, 2.24) is 25.3 Å². The van der Waals surface area contributed by atoms with Crippen molar-refractivity contribution in [2.45, 2.75) is 26.4 Å². The van der Waals surface area contributed by atoms with Crippen LogP contribution in [0.3, 0.4) is 0 Å². The summed E-state index contributed by atoms with van der Waals surface area (Å²) in [4.78, 5) is 6.67. The standard InChI is InChI=1S/C18H32N6/c1-7-11-24(12-8-2)17(15(3)4)14-21-18(19-5)20-13-16-9-10-22-23(16)6/h7-10,15,17H,1-2,11-14H2,3-6H3,(H2,19,20,21). The van der Waals surface area contributed by atoms with Gasteiger partial charge in [0.25, 0.3) is 0 Å². The molecular weight excluding hydrogens is 300 g/mol. The highest BCUT2D eigenvalue weighted by Gasteiger charge is 2.20. The zero-order valence-electron chi connectivity index (χ0n) is 15.5. The van der Waals surface area contributed by atoms with Crippen LogP contribution in [0.4, 0.5) is 0 Å². The van der Waals surface area contributed by atoms with Crippen LogP contribution in [0.1, 0.15) is 19.5 Å². The van der Waals surface area contributed by atoms with Gasteiger partial charge < -0.3 is 10.6 Å². The van der Waals surface area contributed by atoms with Crippen molar-refractivity contribution in [2.75, 3.05) is 26.7 Å². The first-order chi connectivity index (χ1) is 11.5. The number of hydrogen-bond acceptors (Lipinski definition) is 3. The Morgan fingerprint density at radius 1 is 1.33 bits per heavy atom. The molecule has 0 saturated carbocycles. The minimum absolute atomic E-state index is 0.372. The second-order valence-electron chi connectivity index (χ2n) is 6.10. The first-order valence-electron chi connectivity index (χ1n) is 8.40. The van der Waals surface area contributed by atoms with E-state index in [0.717, 1.165) is 31.3 Å². The van der Waals surface area contributed by atoms with E-state index >= 15 is 0 Å². The molecular formula is C18H32N6. The summed E-state index contributed by atoms with van der Waals surface area (Å²) >= 11 is 0. The Labute approximate surface area is 146 Å². The molecule has 0 aliphatic heterocycles. The van der Waals surface area contributed by atoms with Crippen LogP contribution < -0.4 is 10.6 Å². The number of hydrogen-bond donors (Lipinski definition) is 2. The molecule has 0 bridgehead atoms.